The Morgan fingerprint density at radius 3 is 2.46 bits per heavy atom. The quantitative estimate of drug-likeness (QED) is 0.864. The minimum absolute atomic E-state index is 0.0364. The Hall–Kier alpha value is -2.45. The molecule has 2 aromatic rings. The number of nitrogens with zero attached hydrogens (tertiary/aromatic N) is 1. The molecule has 6 nitrogen and oxygen atoms in total. The Morgan fingerprint density at radius 2 is 1.88 bits per heavy atom. The van der Waals surface area contributed by atoms with E-state index >= 15 is 0 Å². The highest BCUT2D eigenvalue weighted by atomic mass is 35.5. The summed E-state index contributed by atoms with van der Waals surface area (Å²) in [6.45, 7) is 1.51. The molecular weight excluding hydrogens is 383 g/mol. The van der Waals surface area contributed by atoms with Crippen LogP contribution in [0.1, 0.15) is 17.3 Å². The van der Waals surface area contributed by atoms with E-state index in [1.807, 2.05) is 0 Å². The molecule has 1 aliphatic rings. The fourth-order valence-electron chi connectivity index (χ4n) is 2.61. The number of carbonyl (C=O) groups excluding carboxylic acids is 2. The monoisotopic (exact) mass is 396 g/mol. The minimum atomic E-state index is -3.84. The van der Waals surface area contributed by atoms with Crippen LogP contribution in [0.25, 0.3) is 0 Å². The number of sulfonamides is 1. The Morgan fingerprint density at radius 1 is 1.23 bits per heavy atom. The summed E-state index contributed by atoms with van der Waals surface area (Å²) in [4.78, 5) is 24.6. The van der Waals surface area contributed by atoms with Crippen molar-refractivity contribution in [2.24, 2.45) is 5.92 Å². The molecule has 3 rings (SSSR count). The summed E-state index contributed by atoms with van der Waals surface area (Å²) in [5, 5.41) is 2.60. The highest BCUT2D eigenvalue weighted by molar-refractivity contribution is 7.94. The zero-order valence-corrected chi connectivity index (χ0v) is 15.1. The fourth-order valence-corrected chi connectivity index (χ4v) is 4.69. The molecule has 1 heterocycles. The van der Waals surface area contributed by atoms with Gasteiger partial charge in [0.1, 0.15) is 5.82 Å². The summed E-state index contributed by atoms with van der Waals surface area (Å²) in [7, 11) is -3.84. The highest BCUT2D eigenvalue weighted by Gasteiger charge is 2.43. The predicted molar refractivity (Wildman–Crippen MR) is 96.2 cm³/mol. The maximum atomic E-state index is 12.9. The van der Waals surface area contributed by atoms with Crippen LogP contribution >= 0.6 is 11.6 Å². The maximum absolute atomic E-state index is 12.9. The molecule has 0 aromatic heterocycles. The van der Waals surface area contributed by atoms with E-state index in [0.29, 0.717) is 9.99 Å². The summed E-state index contributed by atoms with van der Waals surface area (Å²) in [5.41, 5.74) is 0.412. The van der Waals surface area contributed by atoms with Crippen molar-refractivity contribution in [2.75, 3.05) is 15.4 Å². The molecule has 1 atom stereocenters. The molecule has 1 fully saturated rings. The van der Waals surface area contributed by atoms with Crippen LogP contribution in [0.4, 0.5) is 15.8 Å². The number of anilines is 2. The molecule has 1 unspecified atom stereocenters. The van der Waals surface area contributed by atoms with Crippen molar-refractivity contribution in [3.05, 3.63) is 58.9 Å². The number of halogens is 2. The lowest BCUT2D eigenvalue weighted by Crippen LogP contribution is -2.30. The van der Waals surface area contributed by atoms with Gasteiger partial charge in [-0.1, -0.05) is 18.5 Å². The van der Waals surface area contributed by atoms with Crippen molar-refractivity contribution in [3.63, 3.8) is 0 Å². The SMILES string of the molecule is CC1CS(=O)(=O)N(c2cc(C(=O)Nc3ccc(F)cc3)ccc2Cl)C1=O. The first-order valence-electron chi connectivity index (χ1n) is 7.62. The van der Waals surface area contributed by atoms with Crippen molar-refractivity contribution in [1.82, 2.24) is 0 Å². The lowest BCUT2D eigenvalue weighted by molar-refractivity contribution is -0.119. The molecule has 26 heavy (non-hydrogen) atoms. The van der Waals surface area contributed by atoms with E-state index in [1.165, 1.54) is 49.4 Å². The van der Waals surface area contributed by atoms with E-state index in [0.717, 1.165) is 0 Å². The number of hydrogen-bond acceptors (Lipinski definition) is 4. The van der Waals surface area contributed by atoms with Gasteiger partial charge in [0.15, 0.2) is 0 Å². The van der Waals surface area contributed by atoms with Gasteiger partial charge in [-0.25, -0.2) is 17.1 Å². The molecule has 0 bridgehead atoms. The van der Waals surface area contributed by atoms with Gasteiger partial charge in [-0.05, 0) is 42.5 Å². The summed E-state index contributed by atoms with van der Waals surface area (Å²) < 4.78 is 38.1. The normalized spacial score (nSPS) is 18.8. The van der Waals surface area contributed by atoms with Crippen LogP contribution in [0.15, 0.2) is 42.5 Å². The molecule has 2 aromatic carbocycles. The first kappa shape index (κ1) is 18.3. The molecule has 1 N–H and O–H groups in total. The first-order chi connectivity index (χ1) is 12.2. The van der Waals surface area contributed by atoms with Gasteiger partial charge < -0.3 is 5.32 Å². The van der Waals surface area contributed by atoms with E-state index in [1.54, 1.807) is 0 Å². The highest BCUT2D eigenvalue weighted by Crippen LogP contribution is 2.34. The van der Waals surface area contributed by atoms with Crippen LogP contribution in [0.2, 0.25) is 5.02 Å². The van der Waals surface area contributed by atoms with Crippen LogP contribution in [-0.2, 0) is 14.8 Å². The van der Waals surface area contributed by atoms with Crippen LogP contribution in [-0.4, -0.2) is 26.0 Å². The number of amides is 2. The standard InChI is InChI=1S/C17H14ClFN2O4S/c1-10-9-26(24,25)21(17(10)23)15-8-11(2-7-14(15)18)16(22)20-13-5-3-12(19)4-6-13/h2-8,10H,9H2,1H3,(H,20,22). The molecule has 1 aliphatic heterocycles. The van der Waals surface area contributed by atoms with Gasteiger partial charge in [0.05, 0.1) is 22.4 Å². The van der Waals surface area contributed by atoms with E-state index in [9.17, 15) is 22.4 Å². The topological polar surface area (TPSA) is 83.6 Å². The summed E-state index contributed by atoms with van der Waals surface area (Å²) in [6, 6.07) is 9.16. The van der Waals surface area contributed by atoms with E-state index < -0.39 is 33.6 Å². The largest absolute Gasteiger partial charge is 0.322 e. The second-order valence-corrected chi connectivity index (χ2v) is 8.18. The predicted octanol–water partition coefficient (Wildman–Crippen LogP) is 3.04. The molecule has 0 saturated carbocycles. The average molecular weight is 397 g/mol. The number of rotatable bonds is 3. The second kappa shape index (κ2) is 6.69. The third-order valence-electron chi connectivity index (χ3n) is 3.89. The molecule has 0 radical (unpaired) electrons. The van der Waals surface area contributed by atoms with E-state index in [2.05, 4.69) is 5.32 Å². The lowest BCUT2D eigenvalue weighted by atomic mass is 10.1. The number of carbonyl (C=O) groups is 2. The van der Waals surface area contributed by atoms with E-state index in [-0.39, 0.29) is 22.0 Å². The van der Waals surface area contributed by atoms with Gasteiger partial charge in [-0.2, -0.15) is 0 Å². The van der Waals surface area contributed by atoms with Crippen LogP contribution in [0, 0.1) is 11.7 Å². The van der Waals surface area contributed by atoms with Crippen LogP contribution in [0.5, 0.6) is 0 Å². The van der Waals surface area contributed by atoms with E-state index in [4.69, 9.17) is 11.6 Å². The van der Waals surface area contributed by atoms with Crippen LogP contribution < -0.4 is 9.62 Å². The number of hydrogen-bond donors (Lipinski definition) is 1. The Kier molecular flexibility index (Phi) is 4.72. The first-order valence-corrected chi connectivity index (χ1v) is 9.61. The molecule has 9 heteroatoms. The van der Waals surface area contributed by atoms with Gasteiger partial charge in [0.25, 0.3) is 5.91 Å². The average Bonchev–Trinajstić information content (AvgIpc) is 2.78. The Balaban J connectivity index is 1.94. The fraction of sp³-hybridized carbons (Fsp3) is 0.176. The van der Waals surface area contributed by atoms with Gasteiger partial charge in [-0.3, -0.25) is 9.59 Å². The van der Waals surface area contributed by atoms with Crippen molar-refractivity contribution in [2.45, 2.75) is 6.92 Å². The van der Waals surface area contributed by atoms with Gasteiger partial charge >= 0.3 is 0 Å². The van der Waals surface area contributed by atoms with Crippen molar-refractivity contribution >= 4 is 44.8 Å². The summed E-state index contributed by atoms with van der Waals surface area (Å²) >= 11 is 6.07. The lowest BCUT2D eigenvalue weighted by Gasteiger charge is -2.17. The van der Waals surface area contributed by atoms with Crippen molar-refractivity contribution < 1.29 is 22.4 Å². The molecule has 136 valence electrons. The molecule has 0 aliphatic carbocycles. The summed E-state index contributed by atoms with van der Waals surface area (Å²) in [6.07, 6.45) is 0. The van der Waals surface area contributed by atoms with Crippen molar-refractivity contribution in [1.29, 1.82) is 0 Å². The zero-order chi connectivity index (χ0) is 19.1. The van der Waals surface area contributed by atoms with Gasteiger partial charge in [-0.15, -0.1) is 0 Å². The Bertz CT molecular complexity index is 992. The Labute approximate surface area is 154 Å². The third kappa shape index (κ3) is 3.42. The molecule has 2 amide bonds. The van der Waals surface area contributed by atoms with Gasteiger partial charge in [0.2, 0.25) is 15.9 Å². The van der Waals surface area contributed by atoms with Crippen LogP contribution in [0.3, 0.4) is 0 Å². The van der Waals surface area contributed by atoms with Gasteiger partial charge in [0, 0.05) is 11.3 Å². The third-order valence-corrected chi connectivity index (χ3v) is 6.06. The minimum Gasteiger partial charge on any atom is -0.322 e. The molecule has 1 saturated heterocycles. The maximum Gasteiger partial charge on any atom is 0.255 e. The number of benzene rings is 2. The second-order valence-electron chi connectivity index (χ2n) is 5.91. The molecule has 0 spiro atoms. The summed E-state index contributed by atoms with van der Waals surface area (Å²) in [5.74, 6) is -2.58. The smallest absolute Gasteiger partial charge is 0.255 e. The molecular formula is C17H14ClFN2O4S. The number of nitrogens with one attached hydrogen (secondary N) is 1. The van der Waals surface area contributed by atoms with Crippen molar-refractivity contribution in [3.8, 4) is 0 Å². The zero-order valence-electron chi connectivity index (χ0n) is 13.6.